The van der Waals surface area contributed by atoms with Gasteiger partial charge < -0.3 is 20.2 Å². The molecule has 1 saturated heterocycles. The normalized spacial score (nSPS) is 20.3. The molecule has 2 aliphatic rings. The van der Waals surface area contributed by atoms with Crippen LogP contribution in [-0.2, 0) is 16.1 Å². The fourth-order valence-corrected chi connectivity index (χ4v) is 5.98. The average Bonchev–Trinajstić information content (AvgIpc) is 3.82. The van der Waals surface area contributed by atoms with E-state index in [0.29, 0.717) is 19.5 Å². The first-order chi connectivity index (χ1) is 20.5. The van der Waals surface area contributed by atoms with Crippen LogP contribution >= 0.6 is 0 Å². The molecular weight excluding hydrogens is 534 g/mol. The molecule has 2 fully saturated rings. The molecule has 3 aromatic rings. The molecule has 2 N–H and O–H groups in total. The van der Waals surface area contributed by atoms with Gasteiger partial charge in [-0.15, -0.1) is 0 Å². The molecular formula is C37H49N3O3. The van der Waals surface area contributed by atoms with Crippen LogP contribution in [0.3, 0.4) is 0 Å². The lowest BCUT2D eigenvalue weighted by atomic mass is 9.76. The number of aryl methyl sites for hydroxylation is 1. The minimum absolute atomic E-state index is 0.00236. The van der Waals surface area contributed by atoms with Crippen molar-refractivity contribution in [2.45, 2.75) is 84.0 Å². The zero-order chi connectivity index (χ0) is 31.1. The van der Waals surface area contributed by atoms with E-state index < -0.39 is 5.60 Å². The smallest absolute Gasteiger partial charge is 0.410 e. The third kappa shape index (κ3) is 9.01. The second kappa shape index (κ2) is 14.3. The summed E-state index contributed by atoms with van der Waals surface area (Å²) in [6.07, 6.45) is 3.68. The lowest BCUT2D eigenvalue weighted by Gasteiger charge is -2.42. The van der Waals surface area contributed by atoms with E-state index in [1.54, 1.807) is 4.90 Å². The summed E-state index contributed by atoms with van der Waals surface area (Å²) < 4.78 is 5.51. The predicted molar refractivity (Wildman–Crippen MR) is 175 cm³/mol. The number of hydrogen-bond donors (Lipinski definition) is 1. The molecule has 3 aromatic carbocycles. The highest BCUT2D eigenvalue weighted by Gasteiger charge is 2.39. The summed E-state index contributed by atoms with van der Waals surface area (Å²) in [5, 5.41) is 0. The van der Waals surface area contributed by atoms with Gasteiger partial charge in [-0.2, -0.15) is 0 Å². The van der Waals surface area contributed by atoms with E-state index in [-0.39, 0.29) is 24.0 Å². The first-order valence-electron chi connectivity index (χ1n) is 15.5. The standard InChI is InChI=1S/C24H30N2O3.C13H19N/c1-24(2,3)29-23(28)26-15-20(12-13-27)22(21(25)16-26)19-11-7-10-18(14-19)17-8-5-4-6-9-17;1-10-5-4-6-12(11(10)2)9-14(3)13-7-8-13/h4-11,13-14,20-22H,12,15-16,25H2,1-3H3;4-6,13H,7-9H2,1-3H3/t20?,21?,22-;/m1./s1. The first kappa shape index (κ1) is 32.4. The van der Waals surface area contributed by atoms with Crippen molar-refractivity contribution in [3.63, 3.8) is 0 Å². The quantitative estimate of drug-likeness (QED) is 0.300. The molecule has 6 heteroatoms. The van der Waals surface area contributed by atoms with E-state index in [0.717, 1.165) is 35.6 Å². The highest BCUT2D eigenvalue weighted by molar-refractivity contribution is 5.69. The van der Waals surface area contributed by atoms with Crippen molar-refractivity contribution < 1.29 is 14.3 Å². The Morgan fingerprint density at radius 3 is 2.30 bits per heavy atom. The largest absolute Gasteiger partial charge is 0.444 e. The number of hydrogen-bond acceptors (Lipinski definition) is 5. The highest BCUT2D eigenvalue weighted by atomic mass is 16.6. The molecule has 230 valence electrons. The van der Waals surface area contributed by atoms with Gasteiger partial charge in [0.25, 0.3) is 0 Å². The monoisotopic (exact) mass is 583 g/mol. The van der Waals surface area contributed by atoms with E-state index in [4.69, 9.17) is 10.5 Å². The minimum Gasteiger partial charge on any atom is -0.444 e. The van der Waals surface area contributed by atoms with Gasteiger partial charge in [-0.05, 0) is 93.8 Å². The number of rotatable bonds is 7. The van der Waals surface area contributed by atoms with E-state index in [1.807, 2.05) is 45.0 Å². The fourth-order valence-electron chi connectivity index (χ4n) is 5.98. The van der Waals surface area contributed by atoms with Crippen LogP contribution in [0.2, 0.25) is 0 Å². The molecule has 2 unspecified atom stereocenters. The lowest BCUT2D eigenvalue weighted by molar-refractivity contribution is -0.109. The molecule has 1 aliphatic heterocycles. The molecule has 1 aliphatic carbocycles. The molecule has 6 nitrogen and oxygen atoms in total. The number of nitrogens with two attached hydrogens (primary N) is 1. The summed E-state index contributed by atoms with van der Waals surface area (Å²) in [7, 11) is 2.24. The summed E-state index contributed by atoms with van der Waals surface area (Å²) in [6, 6.07) is 25.7. The van der Waals surface area contributed by atoms with Gasteiger partial charge in [0, 0.05) is 44.1 Å². The number of carbonyl (C=O) groups excluding carboxylic acids is 2. The number of aldehydes is 1. The Morgan fingerprint density at radius 2 is 1.65 bits per heavy atom. The number of nitrogens with zero attached hydrogens (tertiary/aromatic N) is 2. The van der Waals surface area contributed by atoms with Crippen LogP contribution in [0.5, 0.6) is 0 Å². The van der Waals surface area contributed by atoms with Crippen LogP contribution in [-0.4, -0.2) is 60.0 Å². The molecule has 1 amide bonds. The zero-order valence-electron chi connectivity index (χ0n) is 26.8. The molecule has 0 radical (unpaired) electrons. The van der Waals surface area contributed by atoms with Crippen molar-refractivity contribution in [2.75, 3.05) is 20.1 Å². The van der Waals surface area contributed by atoms with E-state index in [1.165, 1.54) is 29.5 Å². The number of likely N-dealkylation sites (tertiary alicyclic amines) is 1. The van der Waals surface area contributed by atoms with E-state index in [9.17, 15) is 9.59 Å². The van der Waals surface area contributed by atoms with Crippen LogP contribution in [0, 0.1) is 19.8 Å². The van der Waals surface area contributed by atoms with Gasteiger partial charge in [0.2, 0.25) is 0 Å². The van der Waals surface area contributed by atoms with Crippen molar-refractivity contribution in [2.24, 2.45) is 11.7 Å². The summed E-state index contributed by atoms with van der Waals surface area (Å²) >= 11 is 0. The Kier molecular flexibility index (Phi) is 10.8. The summed E-state index contributed by atoms with van der Waals surface area (Å²) in [6.45, 7) is 11.9. The lowest BCUT2D eigenvalue weighted by Crippen LogP contribution is -2.54. The van der Waals surface area contributed by atoms with Crippen molar-refractivity contribution in [3.8, 4) is 11.1 Å². The van der Waals surface area contributed by atoms with Crippen molar-refractivity contribution in [1.29, 1.82) is 0 Å². The Balaban J connectivity index is 0.000000251. The van der Waals surface area contributed by atoms with Gasteiger partial charge in [-0.3, -0.25) is 4.90 Å². The molecule has 0 aromatic heterocycles. The first-order valence-corrected chi connectivity index (χ1v) is 15.5. The molecule has 1 heterocycles. The van der Waals surface area contributed by atoms with E-state index in [2.05, 4.69) is 74.3 Å². The van der Waals surface area contributed by atoms with Crippen LogP contribution in [0.1, 0.15) is 68.2 Å². The Bertz CT molecular complexity index is 1360. The number of amides is 1. The predicted octanol–water partition coefficient (Wildman–Crippen LogP) is 7.12. The minimum atomic E-state index is -0.567. The third-order valence-electron chi connectivity index (χ3n) is 8.59. The topological polar surface area (TPSA) is 75.9 Å². The number of piperidine rings is 1. The zero-order valence-corrected chi connectivity index (χ0v) is 26.8. The second-order valence-corrected chi connectivity index (χ2v) is 13.2. The number of benzene rings is 3. The SMILES string of the molecule is CC(C)(C)OC(=O)N1CC(N)[C@H](c2cccc(-c3ccccc3)c2)C(CC=O)C1.Cc1cccc(CN(C)C2CC2)c1C. The third-order valence-corrected chi connectivity index (χ3v) is 8.59. The fraction of sp³-hybridized carbons (Fsp3) is 0.459. The maximum Gasteiger partial charge on any atom is 0.410 e. The van der Waals surface area contributed by atoms with Gasteiger partial charge in [0.15, 0.2) is 0 Å². The molecule has 5 rings (SSSR count). The molecule has 43 heavy (non-hydrogen) atoms. The second-order valence-electron chi connectivity index (χ2n) is 13.2. The summed E-state index contributed by atoms with van der Waals surface area (Å²) in [5.74, 6) is -0.0441. The van der Waals surface area contributed by atoms with E-state index >= 15 is 0 Å². The molecule has 0 bridgehead atoms. The molecule has 1 saturated carbocycles. The summed E-state index contributed by atoms with van der Waals surface area (Å²) in [4.78, 5) is 28.0. The van der Waals surface area contributed by atoms with Gasteiger partial charge >= 0.3 is 6.09 Å². The van der Waals surface area contributed by atoms with Gasteiger partial charge in [-0.25, -0.2) is 4.79 Å². The van der Waals surface area contributed by atoms with Crippen molar-refractivity contribution in [1.82, 2.24) is 9.80 Å². The van der Waals surface area contributed by atoms with Crippen molar-refractivity contribution >= 4 is 12.4 Å². The maximum absolute atomic E-state index is 12.6. The van der Waals surface area contributed by atoms with Crippen LogP contribution in [0.25, 0.3) is 11.1 Å². The van der Waals surface area contributed by atoms with Crippen molar-refractivity contribution in [3.05, 3.63) is 95.1 Å². The van der Waals surface area contributed by atoms with Crippen LogP contribution in [0.4, 0.5) is 4.79 Å². The number of carbonyl (C=O) groups is 2. The molecule has 0 spiro atoms. The average molecular weight is 584 g/mol. The Hall–Kier alpha value is -3.48. The Labute approximate surface area is 258 Å². The Morgan fingerprint density at radius 1 is 0.977 bits per heavy atom. The maximum atomic E-state index is 12.6. The van der Waals surface area contributed by atoms with Gasteiger partial charge in [0.1, 0.15) is 11.9 Å². The summed E-state index contributed by atoms with van der Waals surface area (Å²) in [5.41, 5.74) is 13.7. The highest BCUT2D eigenvalue weighted by Crippen LogP contribution is 2.36. The van der Waals surface area contributed by atoms with Crippen LogP contribution < -0.4 is 5.73 Å². The van der Waals surface area contributed by atoms with Gasteiger partial charge in [0.05, 0.1) is 0 Å². The molecule has 3 atom stereocenters. The van der Waals surface area contributed by atoms with Crippen LogP contribution in [0.15, 0.2) is 72.8 Å². The van der Waals surface area contributed by atoms with Gasteiger partial charge in [-0.1, -0.05) is 72.8 Å². The number of ether oxygens (including phenoxy) is 1.